The molecule has 0 aliphatic rings. The molecule has 0 bridgehead atoms. The van der Waals surface area contributed by atoms with Crippen molar-refractivity contribution in [2.45, 2.75) is 65.5 Å². The van der Waals surface area contributed by atoms with Gasteiger partial charge >= 0.3 is 5.97 Å². The highest BCUT2D eigenvalue weighted by molar-refractivity contribution is 5.87. The number of benzene rings is 3. The number of carboxylic acids is 1. The number of aromatic carboxylic acids is 1. The van der Waals surface area contributed by atoms with Crippen LogP contribution in [0.5, 0.6) is 11.6 Å². The first-order valence-corrected chi connectivity index (χ1v) is 13.9. The monoisotopic (exact) mass is 564 g/mol. The van der Waals surface area contributed by atoms with Gasteiger partial charge in [0, 0.05) is 16.7 Å². The minimum atomic E-state index is -0.980. The molecule has 3 aromatic carbocycles. The summed E-state index contributed by atoms with van der Waals surface area (Å²) in [5, 5.41) is 20.5. The summed E-state index contributed by atoms with van der Waals surface area (Å²) < 4.78 is 8.20. The highest BCUT2D eigenvalue weighted by Gasteiger charge is 2.28. The summed E-state index contributed by atoms with van der Waals surface area (Å²) in [6.07, 6.45) is 1.74. The van der Waals surface area contributed by atoms with Crippen LogP contribution in [0.15, 0.2) is 73.1 Å². The molecule has 216 valence electrons. The third-order valence-corrected chi connectivity index (χ3v) is 7.19. The second-order valence-corrected chi connectivity index (χ2v) is 12.6. The number of ether oxygens (including phenoxy) is 1. The van der Waals surface area contributed by atoms with Gasteiger partial charge in [-0.2, -0.15) is 4.98 Å². The van der Waals surface area contributed by atoms with Crippen molar-refractivity contribution in [2.75, 3.05) is 0 Å². The summed E-state index contributed by atoms with van der Waals surface area (Å²) in [7, 11) is 0. The van der Waals surface area contributed by atoms with Gasteiger partial charge in [-0.1, -0.05) is 84.0 Å². The van der Waals surface area contributed by atoms with Crippen LogP contribution in [0.1, 0.15) is 74.2 Å². The second-order valence-electron chi connectivity index (χ2n) is 12.6. The molecule has 2 N–H and O–H groups in total. The topological polar surface area (TPSA) is 110 Å². The first-order chi connectivity index (χ1) is 19.8. The van der Waals surface area contributed by atoms with Crippen molar-refractivity contribution in [2.24, 2.45) is 0 Å². The van der Waals surface area contributed by atoms with Gasteiger partial charge in [-0.15, -0.1) is 0 Å². The molecular formula is C34H36N4O4. The number of rotatable bonds is 7. The molecule has 0 fully saturated rings. The molecule has 0 aliphatic heterocycles. The van der Waals surface area contributed by atoms with Crippen LogP contribution in [0.25, 0.3) is 22.6 Å². The third-order valence-electron chi connectivity index (χ3n) is 7.19. The van der Waals surface area contributed by atoms with E-state index in [2.05, 4.69) is 58.7 Å². The number of aromatic hydroxyl groups is 1. The number of fused-ring (bicyclic) bond motifs is 1. The molecule has 0 spiro atoms. The van der Waals surface area contributed by atoms with Crippen LogP contribution in [0.2, 0.25) is 0 Å². The lowest BCUT2D eigenvalue weighted by Gasteiger charge is -2.28. The summed E-state index contributed by atoms with van der Waals surface area (Å²) in [6.45, 7) is 13.2. The van der Waals surface area contributed by atoms with Crippen molar-refractivity contribution >= 4 is 17.1 Å². The third kappa shape index (κ3) is 5.98. The zero-order valence-corrected chi connectivity index (χ0v) is 24.8. The minimum absolute atomic E-state index is 0.174. The van der Waals surface area contributed by atoms with Crippen LogP contribution in [-0.4, -0.2) is 35.7 Å². The van der Waals surface area contributed by atoms with E-state index in [0.717, 1.165) is 27.8 Å². The number of carboxylic acid groups (broad SMARTS) is 1. The molecule has 8 heteroatoms. The Balaban J connectivity index is 1.65. The highest BCUT2D eigenvalue weighted by Crippen LogP contribution is 2.42. The van der Waals surface area contributed by atoms with E-state index in [-0.39, 0.29) is 28.7 Å². The van der Waals surface area contributed by atoms with E-state index < -0.39 is 5.97 Å². The number of carbonyl (C=O) groups is 1. The van der Waals surface area contributed by atoms with E-state index in [0.29, 0.717) is 29.4 Å². The smallest absolute Gasteiger partial charge is 0.335 e. The molecule has 0 amide bonds. The lowest BCUT2D eigenvalue weighted by molar-refractivity contribution is 0.0696. The summed E-state index contributed by atoms with van der Waals surface area (Å²) in [4.78, 5) is 25.7. The SMILES string of the molecule is CC(C)(C)c1cc(-c2nc(OCc3ccc(C(=O)O)cc3)c3ncn(Cc4ccccc4)c3n2)cc(C(C)(C)C)c1O. The van der Waals surface area contributed by atoms with Crippen molar-refractivity contribution in [1.82, 2.24) is 19.5 Å². The van der Waals surface area contributed by atoms with E-state index in [9.17, 15) is 15.0 Å². The maximum absolute atomic E-state index is 11.3. The molecule has 0 atom stereocenters. The average Bonchev–Trinajstić information content (AvgIpc) is 3.34. The fourth-order valence-electron chi connectivity index (χ4n) is 4.85. The van der Waals surface area contributed by atoms with Crippen LogP contribution in [0.4, 0.5) is 0 Å². The lowest BCUT2D eigenvalue weighted by atomic mass is 9.78. The molecular weight excluding hydrogens is 528 g/mol. The number of phenolic OH excluding ortho intramolecular Hbond substituents is 1. The standard InChI is InChI=1S/C34H36N4O4/c1-33(2,3)25-16-24(17-26(28(25)39)34(4,5)6)29-36-30-27(35-20-38(30)18-21-10-8-7-9-11-21)31(37-29)42-19-22-12-14-23(15-13-22)32(40)41/h7-17,20,39H,18-19H2,1-6H3,(H,40,41). The fourth-order valence-corrected chi connectivity index (χ4v) is 4.85. The van der Waals surface area contributed by atoms with E-state index in [1.807, 2.05) is 34.9 Å². The Kier molecular flexibility index (Phi) is 7.49. The summed E-state index contributed by atoms with van der Waals surface area (Å²) in [6, 6.07) is 20.5. The number of hydrogen-bond acceptors (Lipinski definition) is 6. The van der Waals surface area contributed by atoms with Crippen LogP contribution in [0.3, 0.4) is 0 Å². The molecule has 2 heterocycles. The number of hydrogen-bond donors (Lipinski definition) is 2. The number of imidazole rings is 1. The van der Waals surface area contributed by atoms with Crippen LogP contribution >= 0.6 is 0 Å². The Morgan fingerprint density at radius 1 is 0.857 bits per heavy atom. The van der Waals surface area contributed by atoms with Crippen molar-refractivity contribution in [3.63, 3.8) is 0 Å². The molecule has 8 nitrogen and oxygen atoms in total. The highest BCUT2D eigenvalue weighted by atomic mass is 16.5. The van der Waals surface area contributed by atoms with Gasteiger partial charge in [-0.25, -0.2) is 14.8 Å². The van der Waals surface area contributed by atoms with Gasteiger partial charge in [0.25, 0.3) is 0 Å². The van der Waals surface area contributed by atoms with Gasteiger partial charge in [-0.3, -0.25) is 0 Å². The first kappa shape index (κ1) is 28.8. The van der Waals surface area contributed by atoms with Crippen LogP contribution in [0, 0.1) is 0 Å². The molecule has 0 saturated carbocycles. The van der Waals surface area contributed by atoms with Gasteiger partial charge in [0.05, 0.1) is 18.4 Å². The molecule has 0 aliphatic carbocycles. The molecule has 0 radical (unpaired) electrons. The lowest BCUT2D eigenvalue weighted by Crippen LogP contribution is -2.17. The zero-order chi connectivity index (χ0) is 30.2. The van der Waals surface area contributed by atoms with Crippen LogP contribution < -0.4 is 4.74 Å². The molecule has 0 saturated heterocycles. The van der Waals surface area contributed by atoms with E-state index in [1.165, 1.54) is 0 Å². The maximum atomic E-state index is 11.3. The van der Waals surface area contributed by atoms with Gasteiger partial charge in [0.1, 0.15) is 12.4 Å². The zero-order valence-electron chi connectivity index (χ0n) is 24.8. The Labute approximate surface area is 245 Å². The maximum Gasteiger partial charge on any atom is 0.335 e. The van der Waals surface area contributed by atoms with Gasteiger partial charge in [-0.05, 0) is 46.2 Å². The van der Waals surface area contributed by atoms with Crippen molar-refractivity contribution in [3.8, 4) is 23.0 Å². The quantitative estimate of drug-likeness (QED) is 0.217. The Morgan fingerprint density at radius 3 is 2.05 bits per heavy atom. The molecule has 0 unspecified atom stereocenters. The van der Waals surface area contributed by atoms with Gasteiger partial charge in [0.15, 0.2) is 17.0 Å². The Hall–Kier alpha value is -4.72. The summed E-state index contributed by atoms with van der Waals surface area (Å²) in [5.41, 5.74) is 5.03. The van der Waals surface area contributed by atoms with Crippen LogP contribution in [-0.2, 0) is 24.0 Å². The van der Waals surface area contributed by atoms with Crippen molar-refractivity contribution in [3.05, 3.63) is 101 Å². The van der Waals surface area contributed by atoms with E-state index in [1.54, 1.807) is 30.6 Å². The molecule has 5 aromatic rings. The normalized spacial score (nSPS) is 12.0. The second kappa shape index (κ2) is 10.9. The number of aromatic nitrogens is 4. The number of nitrogens with zero attached hydrogens (tertiary/aromatic N) is 4. The summed E-state index contributed by atoms with van der Waals surface area (Å²) >= 11 is 0. The van der Waals surface area contributed by atoms with Gasteiger partial charge < -0.3 is 19.5 Å². The molecule has 2 aromatic heterocycles. The Bertz CT molecular complexity index is 1710. The Morgan fingerprint density at radius 2 is 1.48 bits per heavy atom. The summed E-state index contributed by atoms with van der Waals surface area (Å²) in [5.74, 6) is 0.0957. The first-order valence-electron chi connectivity index (χ1n) is 13.9. The van der Waals surface area contributed by atoms with E-state index in [4.69, 9.17) is 14.7 Å². The van der Waals surface area contributed by atoms with E-state index >= 15 is 0 Å². The average molecular weight is 565 g/mol. The predicted octanol–water partition coefficient (Wildman–Crippen LogP) is 7.12. The molecule has 5 rings (SSSR count). The number of phenols is 1. The predicted molar refractivity (Wildman–Crippen MR) is 163 cm³/mol. The van der Waals surface area contributed by atoms with Crippen molar-refractivity contribution in [1.29, 1.82) is 0 Å². The largest absolute Gasteiger partial charge is 0.507 e. The van der Waals surface area contributed by atoms with Gasteiger partial charge in [0.2, 0.25) is 5.88 Å². The molecule has 42 heavy (non-hydrogen) atoms. The fraction of sp³-hybridized carbons (Fsp3) is 0.294. The minimum Gasteiger partial charge on any atom is -0.507 e. The van der Waals surface area contributed by atoms with Crippen molar-refractivity contribution < 1.29 is 19.7 Å².